The quantitative estimate of drug-likeness (QED) is 0.441. The number of hydrogen-bond acceptors (Lipinski definition) is 3. The fourth-order valence-electron chi connectivity index (χ4n) is 0.605. The van der Waals surface area contributed by atoms with Crippen molar-refractivity contribution in [3.8, 4) is 0 Å². The summed E-state index contributed by atoms with van der Waals surface area (Å²) in [5.74, 6) is -0.211. The Morgan fingerprint density at radius 1 is 1.50 bits per heavy atom. The van der Waals surface area contributed by atoms with Gasteiger partial charge in [-0.1, -0.05) is 13.8 Å². The average molecular weight is 144 g/mol. The van der Waals surface area contributed by atoms with Crippen LogP contribution in [0.2, 0.25) is 0 Å². The first kappa shape index (κ1) is 9.07. The van der Waals surface area contributed by atoms with Crippen LogP contribution in [0.1, 0.15) is 26.7 Å². The van der Waals surface area contributed by atoms with Gasteiger partial charge in [0.05, 0.1) is 5.29 Å². The van der Waals surface area contributed by atoms with E-state index in [9.17, 15) is 9.70 Å². The largest absolute Gasteiger partial charge is 0.273 e. The molecule has 0 rings (SSSR count). The van der Waals surface area contributed by atoms with Gasteiger partial charge in [0.15, 0.2) is 0 Å². The van der Waals surface area contributed by atoms with Gasteiger partial charge in [0, 0.05) is 13.0 Å². The highest BCUT2D eigenvalue weighted by molar-refractivity contribution is 5.75. The van der Waals surface area contributed by atoms with E-state index in [2.05, 4.69) is 5.29 Å². The minimum Gasteiger partial charge on any atom is -0.273 e. The van der Waals surface area contributed by atoms with Gasteiger partial charge in [0.25, 0.3) is 0 Å². The van der Waals surface area contributed by atoms with Gasteiger partial charge >= 0.3 is 0 Å². The fourth-order valence-corrected chi connectivity index (χ4v) is 0.605. The number of hydrogen-bond donors (Lipinski definition) is 0. The van der Waals surface area contributed by atoms with Gasteiger partial charge in [-0.05, 0) is 6.42 Å². The molecule has 0 aliphatic rings. The first-order valence-electron chi connectivity index (χ1n) is 3.39. The Bertz CT molecular complexity index is 125. The lowest BCUT2D eigenvalue weighted by Gasteiger charge is -2.09. The maximum absolute atomic E-state index is 10.8. The second-order valence-corrected chi connectivity index (χ2v) is 1.95. The highest BCUT2D eigenvalue weighted by Gasteiger charge is 2.08. The Kier molecular flexibility index (Phi) is 4.45. The number of nitroso groups, excluding NO2 is 1. The number of carbonyl (C=O) groups is 1. The molecule has 0 aliphatic carbocycles. The molecule has 1 amide bonds. The standard InChI is InChI=1S/C6H12N2O2/c1-3-5-8(7-10)6(9)4-2/h3-5H2,1-2H3. The molecule has 0 aromatic carbocycles. The van der Waals surface area contributed by atoms with Crippen LogP contribution in [-0.4, -0.2) is 17.5 Å². The van der Waals surface area contributed by atoms with Gasteiger partial charge in [-0.3, -0.25) is 4.79 Å². The lowest BCUT2D eigenvalue weighted by Crippen LogP contribution is -2.24. The van der Waals surface area contributed by atoms with E-state index in [0.29, 0.717) is 13.0 Å². The Balaban J connectivity index is 3.80. The molecule has 0 saturated carbocycles. The van der Waals surface area contributed by atoms with E-state index in [4.69, 9.17) is 0 Å². The summed E-state index contributed by atoms with van der Waals surface area (Å²) in [6, 6.07) is 0. The maximum atomic E-state index is 10.8. The molecule has 0 saturated heterocycles. The molecular weight excluding hydrogens is 132 g/mol. The molecule has 4 heteroatoms. The molecule has 4 nitrogen and oxygen atoms in total. The Labute approximate surface area is 60.2 Å². The first-order chi connectivity index (χ1) is 4.76. The second kappa shape index (κ2) is 4.90. The molecule has 10 heavy (non-hydrogen) atoms. The molecule has 0 aromatic rings. The molecule has 0 unspecified atom stereocenters. The predicted molar refractivity (Wildman–Crippen MR) is 38.1 cm³/mol. The summed E-state index contributed by atoms with van der Waals surface area (Å²) in [6.45, 7) is 4.02. The van der Waals surface area contributed by atoms with Gasteiger partial charge in [0.2, 0.25) is 5.91 Å². The van der Waals surface area contributed by atoms with Crippen LogP contribution >= 0.6 is 0 Å². The van der Waals surface area contributed by atoms with Crippen molar-refractivity contribution >= 4 is 5.91 Å². The van der Waals surface area contributed by atoms with Crippen LogP contribution in [0.15, 0.2) is 5.29 Å². The van der Waals surface area contributed by atoms with E-state index in [1.54, 1.807) is 6.92 Å². The van der Waals surface area contributed by atoms with Crippen molar-refractivity contribution in [3.05, 3.63) is 4.91 Å². The minimum atomic E-state index is -0.211. The normalized spacial score (nSPS) is 9.00. The van der Waals surface area contributed by atoms with Gasteiger partial charge in [0.1, 0.15) is 0 Å². The lowest BCUT2D eigenvalue weighted by atomic mass is 10.4. The van der Waals surface area contributed by atoms with E-state index in [0.717, 1.165) is 11.4 Å². The summed E-state index contributed by atoms with van der Waals surface area (Å²) in [7, 11) is 0. The minimum absolute atomic E-state index is 0.211. The van der Waals surface area contributed by atoms with E-state index in [-0.39, 0.29) is 5.91 Å². The summed E-state index contributed by atoms with van der Waals surface area (Å²) >= 11 is 0. The summed E-state index contributed by atoms with van der Waals surface area (Å²) in [6.07, 6.45) is 1.10. The highest BCUT2D eigenvalue weighted by atomic mass is 16.3. The molecule has 0 bridgehead atoms. The SMILES string of the molecule is CCCN(N=O)C(=O)CC. The van der Waals surface area contributed by atoms with Gasteiger partial charge < -0.3 is 0 Å². The highest BCUT2D eigenvalue weighted by Crippen LogP contribution is 1.95. The molecule has 0 radical (unpaired) electrons. The van der Waals surface area contributed by atoms with Crippen LogP contribution in [0.5, 0.6) is 0 Å². The Morgan fingerprint density at radius 2 is 2.10 bits per heavy atom. The summed E-state index contributed by atoms with van der Waals surface area (Å²) in [5.41, 5.74) is 0. The van der Waals surface area contributed by atoms with E-state index in [1.165, 1.54) is 0 Å². The summed E-state index contributed by atoms with van der Waals surface area (Å²) in [5, 5.41) is 3.54. The van der Waals surface area contributed by atoms with Gasteiger partial charge in [-0.25, -0.2) is 0 Å². The van der Waals surface area contributed by atoms with Crippen LogP contribution in [0.25, 0.3) is 0 Å². The third kappa shape index (κ3) is 2.57. The second-order valence-electron chi connectivity index (χ2n) is 1.95. The monoisotopic (exact) mass is 144 g/mol. The number of carbonyl (C=O) groups excluding carboxylic acids is 1. The maximum Gasteiger partial charge on any atom is 0.244 e. The molecule has 0 aromatic heterocycles. The molecule has 0 aliphatic heterocycles. The smallest absolute Gasteiger partial charge is 0.244 e. The number of amides is 1. The summed E-state index contributed by atoms with van der Waals surface area (Å²) in [4.78, 5) is 20.7. The molecule has 0 spiro atoms. The van der Waals surface area contributed by atoms with Crippen molar-refractivity contribution in [1.82, 2.24) is 5.01 Å². The van der Waals surface area contributed by atoms with Gasteiger partial charge in [-0.15, -0.1) is 4.91 Å². The molecular formula is C6H12N2O2. The predicted octanol–water partition coefficient (Wildman–Crippen LogP) is 1.32. The lowest BCUT2D eigenvalue weighted by molar-refractivity contribution is -0.131. The van der Waals surface area contributed by atoms with E-state index in [1.807, 2.05) is 6.92 Å². The fraction of sp³-hybridized carbons (Fsp3) is 0.833. The van der Waals surface area contributed by atoms with Crippen molar-refractivity contribution in [2.45, 2.75) is 26.7 Å². The molecule has 0 N–H and O–H groups in total. The molecule has 58 valence electrons. The van der Waals surface area contributed by atoms with Crippen LogP contribution in [-0.2, 0) is 4.79 Å². The van der Waals surface area contributed by atoms with Crippen LogP contribution in [0, 0.1) is 4.91 Å². The zero-order chi connectivity index (χ0) is 7.98. The van der Waals surface area contributed by atoms with Gasteiger partial charge in [-0.2, -0.15) is 5.01 Å². The van der Waals surface area contributed by atoms with Crippen LogP contribution in [0.3, 0.4) is 0 Å². The van der Waals surface area contributed by atoms with Crippen LogP contribution < -0.4 is 0 Å². The van der Waals surface area contributed by atoms with E-state index < -0.39 is 0 Å². The average Bonchev–Trinajstić information content (AvgIpc) is 1.99. The Hall–Kier alpha value is -0.930. The van der Waals surface area contributed by atoms with Crippen molar-refractivity contribution in [2.24, 2.45) is 5.29 Å². The van der Waals surface area contributed by atoms with Crippen molar-refractivity contribution in [1.29, 1.82) is 0 Å². The zero-order valence-corrected chi connectivity index (χ0v) is 6.33. The third-order valence-corrected chi connectivity index (χ3v) is 1.12. The van der Waals surface area contributed by atoms with Crippen molar-refractivity contribution < 1.29 is 4.79 Å². The van der Waals surface area contributed by atoms with E-state index >= 15 is 0 Å². The third-order valence-electron chi connectivity index (χ3n) is 1.12. The van der Waals surface area contributed by atoms with Crippen molar-refractivity contribution in [3.63, 3.8) is 0 Å². The topological polar surface area (TPSA) is 49.7 Å². The number of rotatable bonds is 4. The summed E-state index contributed by atoms with van der Waals surface area (Å²) < 4.78 is 0. The zero-order valence-electron chi connectivity index (χ0n) is 6.33. The van der Waals surface area contributed by atoms with Crippen LogP contribution in [0.4, 0.5) is 0 Å². The molecule has 0 atom stereocenters. The molecule has 0 heterocycles. The van der Waals surface area contributed by atoms with Crippen molar-refractivity contribution in [2.75, 3.05) is 6.54 Å². The Morgan fingerprint density at radius 3 is 2.40 bits per heavy atom. The molecule has 0 fully saturated rings. The number of nitrogens with zero attached hydrogens (tertiary/aromatic N) is 2. The first-order valence-corrected chi connectivity index (χ1v) is 3.39.